The van der Waals surface area contributed by atoms with Gasteiger partial charge in [0.2, 0.25) is 0 Å². The largest absolute Gasteiger partial charge is 0.481 e. The van der Waals surface area contributed by atoms with Crippen LogP contribution in [0.15, 0.2) is 0 Å². The molecule has 0 aliphatic heterocycles. The van der Waals surface area contributed by atoms with E-state index < -0.39 is 11.4 Å². The number of hydrogen-bond donors (Lipinski definition) is 2. The summed E-state index contributed by atoms with van der Waals surface area (Å²) < 4.78 is 0. The molecule has 0 aromatic carbocycles. The fraction of sp³-hybridized carbons (Fsp3) is 0.950. The van der Waals surface area contributed by atoms with Crippen molar-refractivity contribution >= 4 is 5.97 Å². The number of aliphatic hydroxyl groups excluding tert-OH is 1. The summed E-state index contributed by atoms with van der Waals surface area (Å²) in [7, 11) is 0. The predicted molar refractivity (Wildman–Crippen MR) is 88.9 cm³/mol. The molecule has 4 rings (SSSR count). The van der Waals surface area contributed by atoms with E-state index in [-0.39, 0.29) is 5.41 Å². The van der Waals surface area contributed by atoms with Gasteiger partial charge in [-0.3, -0.25) is 4.79 Å². The predicted octanol–water partition coefficient (Wildman–Crippen LogP) is 4.09. The van der Waals surface area contributed by atoms with Crippen LogP contribution in [-0.2, 0) is 4.79 Å². The molecule has 0 radical (unpaired) electrons. The summed E-state index contributed by atoms with van der Waals surface area (Å²) in [6.45, 7) is 4.80. The first kappa shape index (κ1) is 15.9. The summed E-state index contributed by atoms with van der Waals surface area (Å²) in [4.78, 5) is 12.1. The first-order chi connectivity index (χ1) is 10.9. The average Bonchev–Trinajstić information content (AvgIpc) is 2.77. The summed E-state index contributed by atoms with van der Waals surface area (Å²) in [6, 6.07) is 0. The minimum absolute atomic E-state index is 0.193. The molecule has 1 spiro atoms. The van der Waals surface area contributed by atoms with Gasteiger partial charge in [0.15, 0.2) is 0 Å². The van der Waals surface area contributed by atoms with E-state index in [0.29, 0.717) is 29.8 Å². The van der Waals surface area contributed by atoms with Crippen LogP contribution < -0.4 is 0 Å². The van der Waals surface area contributed by atoms with Crippen molar-refractivity contribution in [1.82, 2.24) is 0 Å². The van der Waals surface area contributed by atoms with Crippen LogP contribution in [0.25, 0.3) is 0 Å². The molecule has 0 amide bonds. The lowest BCUT2D eigenvalue weighted by Gasteiger charge is -2.63. The van der Waals surface area contributed by atoms with Crippen LogP contribution in [-0.4, -0.2) is 22.8 Å². The number of rotatable bonds is 2. The minimum atomic E-state index is -0.572. The monoisotopic (exact) mass is 320 g/mol. The van der Waals surface area contributed by atoms with E-state index in [1.54, 1.807) is 0 Å². The Labute approximate surface area is 139 Å². The lowest BCUT2D eigenvalue weighted by atomic mass is 9.41. The zero-order chi connectivity index (χ0) is 16.5. The molecule has 7 atom stereocenters. The van der Waals surface area contributed by atoms with Crippen molar-refractivity contribution in [3.63, 3.8) is 0 Å². The lowest BCUT2D eigenvalue weighted by molar-refractivity contribution is -0.181. The fourth-order valence-corrected chi connectivity index (χ4v) is 8.06. The number of carboxylic acids is 1. The molecule has 2 N–H and O–H groups in total. The number of hydrogen-bond acceptors (Lipinski definition) is 2. The highest BCUT2D eigenvalue weighted by Crippen LogP contribution is 2.72. The molecule has 0 unspecified atom stereocenters. The second-order valence-electron chi connectivity index (χ2n) is 9.78. The van der Waals surface area contributed by atoms with Crippen molar-refractivity contribution in [2.75, 3.05) is 6.61 Å². The van der Waals surface area contributed by atoms with Gasteiger partial charge in [-0.15, -0.1) is 0 Å². The van der Waals surface area contributed by atoms with Crippen LogP contribution in [0.3, 0.4) is 0 Å². The Morgan fingerprint density at radius 1 is 1.04 bits per heavy atom. The molecule has 0 aromatic rings. The number of carboxylic acid groups (broad SMARTS) is 1. The quantitative estimate of drug-likeness (QED) is 0.805. The number of aliphatic hydroxyl groups is 1. The molecule has 4 aliphatic carbocycles. The van der Waals surface area contributed by atoms with Crippen LogP contribution in [0.2, 0.25) is 0 Å². The molecule has 3 nitrogen and oxygen atoms in total. The summed E-state index contributed by atoms with van der Waals surface area (Å²) in [6.07, 6.45) is 10.4. The van der Waals surface area contributed by atoms with E-state index in [9.17, 15) is 15.0 Å². The Balaban J connectivity index is 1.71. The normalized spacial score (nSPS) is 55.1. The Bertz CT molecular complexity index is 517. The Hall–Kier alpha value is -0.570. The van der Waals surface area contributed by atoms with E-state index in [4.69, 9.17) is 0 Å². The lowest BCUT2D eigenvalue weighted by Crippen LogP contribution is -2.58. The molecule has 4 saturated carbocycles. The smallest absolute Gasteiger partial charge is 0.309 e. The zero-order valence-electron chi connectivity index (χ0n) is 14.7. The summed E-state index contributed by atoms with van der Waals surface area (Å²) >= 11 is 0. The maximum absolute atomic E-state index is 12.1. The van der Waals surface area contributed by atoms with Gasteiger partial charge < -0.3 is 10.2 Å². The number of carbonyl (C=O) groups is 1. The van der Waals surface area contributed by atoms with Crippen molar-refractivity contribution in [1.29, 1.82) is 0 Å². The standard InChI is InChI=1S/C20H32O3/c1-18-7-3-8-19(2,17(22)23)15(18)6-9-20-10-13(4-5-16(18)20)14(11-20)12-21/h13-16,21H,3-12H2,1-2H3,(H,22,23)/t13-,14-,15+,16-,18-,19-,20-/m0/s1. The van der Waals surface area contributed by atoms with Gasteiger partial charge in [-0.1, -0.05) is 13.3 Å². The van der Waals surface area contributed by atoms with E-state index in [0.717, 1.165) is 25.2 Å². The fourth-order valence-electron chi connectivity index (χ4n) is 8.06. The molecule has 0 aromatic heterocycles. The van der Waals surface area contributed by atoms with Gasteiger partial charge in [-0.25, -0.2) is 0 Å². The Morgan fingerprint density at radius 3 is 2.52 bits per heavy atom. The summed E-state index contributed by atoms with van der Waals surface area (Å²) in [5.41, 5.74) is 0.0811. The molecule has 23 heavy (non-hydrogen) atoms. The zero-order valence-corrected chi connectivity index (χ0v) is 14.7. The second-order valence-corrected chi connectivity index (χ2v) is 9.78. The van der Waals surface area contributed by atoms with E-state index in [1.807, 2.05) is 6.92 Å². The molecule has 0 saturated heterocycles. The summed E-state index contributed by atoms with van der Waals surface area (Å²) in [5.74, 6) is 1.68. The number of aliphatic carboxylic acids is 1. The molecule has 130 valence electrons. The van der Waals surface area contributed by atoms with E-state index in [1.165, 1.54) is 38.5 Å². The summed E-state index contributed by atoms with van der Waals surface area (Å²) in [5, 5.41) is 19.7. The van der Waals surface area contributed by atoms with Gasteiger partial charge >= 0.3 is 5.97 Å². The van der Waals surface area contributed by atoms with Gasteiger partial charge in [0.1, 0.15) is 0 Å². The SMILES string of the molecule is C[C@]12CCC[C@](C)(C(=O)O)[C@@H]1CC[C@]13C[C@@H](CO)[C@@H](CC[C@H]12)C3. The van der Waals surface area contributed by atoms with Gasteiger partial charge in [0.25, 0.3) is 0 Å². The highest BCUT2D eigenvalue weighted by molar-refractivity contribution is 5.75. The maximum atomic E-state index is 12.1. The molecular formula is C20H32O3. The maximum Gasteiger partial charge on any atom is 0.309 e. The molecular weight excluding hydrogens is 288 g/mol. The molecule has 2 bridgehead atoms. The molecule has 0 heterocycles. The van der Waals surface area contributed by atoms with Crippen LogP contribution in [0.4, 0.5) is 0 Å². The van der Waals surface area contributed by atoms with Crippen molar-refractivity contribution in [2.24, 2.45) is 39.9 Å². The third-order valence-electron chi connectivity index (χ3n) is 9.00. The minimum Gasteiger partial charge on any atom is -0.481 e. The van der Waals surface area contributed by atoms with Crippen molar-refractivity contribution in [3.05, 3.63) is 0 Å². The third-order valence-corrected chi connectivity index (χ3v) is 9.00. The first-order valence-corrected chi connectivity index (χ1v) is 9.70. The third kappa shape index (κ3) is 1.95. The highest BCUT2D eigenvalue weighted by atomic mass is 16.4. The van der Waals surface area contributed by atoms with Gasteiger partial charge in [-0.05, 0) is 92.8 Å². The van der Waals surface area contributed by atoms with Gasteiger partial charge in [-0.2, -0.15) is 0 Å². The van der Waals surface area contributed by atoms with Crippen molar-refractivity contribution < 1.29 is 15.0 Å². The van der Waals surface area contributed by atoms with Gasteiger partial charge in [0.05, 0.1) is 5.41 Å². The van der Waals surface area contributed by atoms with Gasteiger partial charge in [0, 0.05) is 6.61 Å². The van der Waals surface area contributed by atoms with E-state index >= 15 is 0 Å². The van der Waals surface area contributed by atoms with Crippen LogP contribution in [0.1, 0.15) is 71.6 Å². The average molecular weight is 320 g/mol. The number of fused-ring (bicyclic) bond motifs is 3. The van der Waals surface area contributed by atoms with Crippen molar-refractivity contribution in [3.8, 4) is 0 Å². The van der Waals surface area contributed by atoms with E-state index in [2.05, 4.69) is 6.92 Å². The topological polar surface area (TPSA) is 57.5 Å². The Morgan fingerprint density at radius 2 is 1.83 bits per heavy atom. The van der Waals surface area contributed by atoms with Crippen LogP contribution >= 0.6 is 0 Å². The second kappa shape index (κ2) is 4.97. The van der Waals surface area contributed by atoms with Crippen molar-refractivity contribution in [2.45, 2.75) is 71.6 Å². The first-order valence-electron chi connectivity index (χ1n) is 9.70. The molecule has 4 aliphatic rings. The van der Waals surface area contributed by atoms with Crippen LogP contribution in [0, 0.1) is 39.9 Å². The molecule has 4 fully saturated rings. The highest BCUT2D eigenvalue weighted by Gasteiger charge is 2.65. The molecule has 3 heteroatoms. The van der Waals surface area contributed by atoms with Crippen LogP contribution in [0.5, 0.6) is 0 Å². The Kier molecular flexibility index (Phi) is 3.44.